The van der Waals surface area contributed by atoms with Gasteiger partial charge >= 0.3 is 0 Å². The summed E-state index contributed by atoms with van der Waals surface area (Å²) in [6, 6.07) is 1.90. The Kier molecular flexibility index (Phi) is 3.26. The number of hydrogen-bond donors (Lipinski definition) is 2. The average molecular weight is 181 g/mol. The van der Waals surface area contributed by atoms with E-state index in [1.54, 1.807) is 0 Å². The molecule has 1 saturated heterocycles. The fraction of sp³-hybridized carbons (Fsp3) is 0.778. The number of carbonyl (C=O) groups excluding carboxylic acids is 1. The van der Waals surface area contributed by atoms with E-state index in [1.165, 1.54) is 0 Å². The highest BCUT2D eigenvalue weighted by atomic mass is 16.2. The predicted octanol–water partition coefficient (Wildman–Crippen LogP) is 0.158. The van der Waals surface area contributed by atoms with Crippen molar-refractivity contribution in [1.29, 1.82) is 5.26 Å². The van der Waals surface area contributed by atoms with Crippen LogP contribution in [0.1, 0.15) is 26.2 Å². The standard InChI is InChI=1S/C9H15N3O/c1-9(4-2-3-6-12-9)8(13)11-7-5-10/h12H,2-4,6-7H2,1H3,(H,11,13). The van der Waals surface area contributed by atoms with E-state index >= 15 is 0 Å². The van der Waals surface area contributed by atoms with Crippen molar-refractivity contribution in [2.24, 2.45) is 0 Å². The molecule has 1 amide bonds. The zero-order valence-corrected chi connectivity index (χ0v) is 7.89. The highest BCUT2D eigenvalue weighted by molar-refractivity contribution is 5.86. The highest BCUT2D eigenvalue weighted by Gasteiger charge is 2.33. The van der Waals surface area contributed by atoms with Crippen molar-refractivity contribution in [3.63, 3.8) is 0 Å². The molecule has 0 spiro atoms. The largest absolute Gasteiger partial charge is 0.341 e. The molecule has 13 heavy (non-hydrogen) atoms. The van der Waals surface area contributed by atoms with Crippen molar-refractivity contribution >= 4 is 5.91 Å². The van der Waals surface area contributed by atoms with Crippen LogP contribution in [0.2, 0.25) is 0 Å². The summed E-state index contributed by atoms with van der Waals surface area (Å²) in [5, 5.41) is 14.1. The number of carbonyl (C=O) groups is 1. The molecule has 1 unspecified atom stereocenters. The topological polar surface area (TPSA) is 64.9 Å². The number of hydrogen-bond acceptors (Lipinski definition) is 3. The molecule has 0 aromatic carbocycles. The second kappa shape index (κ2) is 4.24. The van der Waals surface area contributed by atoms with Gasteiger partial charge < -0.3 is 10.6 Å². The summed E-state index contributed by atoms with van der Waals surface area (Å²) >= 11 is 0. The number of nitrogens with zero attached hydrogens (tertiary/aromatic N) is 1. The van der Waals surface area contributed by atoms with Gasteiger partial charge in [-0.05, 0) is 32.7 Å². The minimum atomic E-state index is -0.463. The first-order chi connectivity index (χ1) is 6.19. The van der Waals surface area contributed by atoms with Gasteiger partial charge in [-0.2, -0.15) is 5.26 Å². The quantitative estimate of drug-likeness (QED) is 0.596. The fourth-order valence-corrected chi connectivity index (χ4v) is 1.56. The maximum absolute atomic E-state index is 11.6. The lowest BCUT2D eigenvalue weighted by atomic mass is 9.90. The van der Waals surface area contributed by atoms with Crippen LogP contribution in [0.3, 0.4) is 0 Å². The van der Waals surface area contributed by atoms with Crippen LogP contribution in [0.25, 0.3) is 0 Å². The van der Waals surface area contributed by atoms with Crippen LogP contribution in [0, 0.1) is 11.3 Å². The third-order valence-corrected chi connectivity index (χ3v) is 2.45. The Morgan fingerprint density at radius 2 is 2.46 bits per heavy atom. The Labute approximate surface area is 78.3 Å². The van der Waals surface area contributed by atoms with Crippen LogP contribution in [-0.2, 0) is 4.79 Å². The minimum absolute atomic E-state index is 0.0613. The molecule has 1 heterocycles. The van der Waals surface area contributed by atoms with Crippen molar-refractivity contribution in [3.05, 3.63) is 0 Å². The molecular weight excluding hydrogens is 166 g/mol. The Morgan fingerprint density at radius 1 is 1.69 bits per heavy atom. The molecule has 0 aliphatic carbocycles. The number of nitrogens with one attached hydrogen (secondary N) is 2. The summed E-state index contributed by atoms with van der Waals surface area (Å²) in [6.07, 6.45) is 3.05. The Hall–Kier alpha value is -1.08. The van der Waals surface area contributed by atoms with Crippen LogP contribution in [-0.4, -0.2) is 24.5 Å². The van der Waals surface area contributed by atoms with E-state index in [0.717, 1.165) is 25.8 Å². The lowest BCUT2D eigenvalue weighted by Gasteiger charge is -2.33. The van der Waals surface area contributed by atoms with E-state index in [2.05, 4.69) is 10.6 Å². The van der Waals surface area contributed by atoms with Crippen LogP contribution < -0.4 is 10.6 Å². The lowest BCUT2D eigenvalue weighted by Crippen LogP contribution is -2.56. The van der Waals surface area contributed by atoms with Gasteiger partial charge in [-0.3, -0.25) is 4.79 Å². The molecule has 4 nitrogen and oxygen atoms in total. The second-order valence-corrected chi connectivity index (χ2v) is 3.56. The summed E-state index contributed by atoms with van der Waals surface area (Å²) in [7, 11) is 0. The molecule has 1 aliphatic rings. The Balaban J connectivity index is 2.47. The van der Waals surface area contributed by atoms with Crippen molar-refractivity contribution in [2.45, 2.75) is 31.7 Å². The molecule has 1 fully saturated rings. The molecule has 0 bridgehead atoms. The van der Waals surface area contributed by atoms with Crippen LogP contribution >= 0.6 is 0 Å². The fourth-order valence-electron chi connectivity index (χ4n) is 1.56. The summed E-state index contributed by atoms with van der Waals surface area (Å²) in [4.78, 5) is 11.6. The smallest absolute Gasteiger partial charge is 0.240 e. The van der Waals surface area contributed by atoms with Crippen molar-refractivity contribution < 1.29 is 4.79 Å². The van der Waals surface area contributed by atoms with Gasteiger partial charge in [-0.25, -0.2) is 0 Å². The normalized spacial score (nSPS) is 27.7. The molecule has 72 valence electrons. The first-order valence-corrected chi connectivity index (χ1v) is 4.59. The molecule has 0 aromatic heterocycles. The molecule has 1 atom stereocenters. The summed E-state index contributed by atoms with van der Waals surface area (Å²) in [5.41, 5.74) is -0.463. The predicted molar refractivity (Wildman–Crippen MR) is 48.9 cm³/mol. The van der Waals surface area contributed by atoms with Gasteiger partial charge in [0, 0.05) is 0 Å². The highest BCUT2D eigenvalue weighted by Crippen LogP contribution is 2.18. The SMILES string of the molecule is CC1(C(=O)NCC#N)CCCCN1. The first-order valence-electron chi connectivity index (χ1n) is 4.59. The first kappa shape index (κ1) is 10.0. The molecule has 1 rings (SSSR count). The molecule has 0 radical (unpaired) electrons. The van der Waals surface area contributed by atoms with Crippen LogP contribution in [0.4, 0.5) is 0 Å². The van der Waals surface area contributed by atoms with Gasteiger partial charge in [0.15, 0.2) is 0 Å². The molecule has 2 N–H and O–H groups in total. The number of rotatable bonds is 2. The van der Waals surface area contributed by atoms with Crippen molar-refractivity contribution in [3.8, 4) is 6.07 Å². The van der Waals surface area contributed by atoms with E-state index < -0.39 is 5.54 Å². The maximum Gasteiger partial charge on any atom is 0.240 e. The lowest BCUT2D eigenvalue weighted by molar-refractivity contribution is -0.127. The van der Waals surface area contributed by atoms with Crippen molar-refractivity contribution in [1.82, 2.24) is 10.6 Å². The molecule has 1 aliphatic heterocycles. The molecule has 4 heteroatoms. The zero-order chi connectivity index (χ0) is 9.73. The monoisotopic (exact) mass is 181 g/mol. The van der Waals surface area contributed by atoms with Gasteiger partial charge in [0.2, 0.25) is 5.91 Å². The van der Waals surface area contributed by atoms with E-state index in [9.17, 15) is 4.79 Å². The number of piperidine rings is 1. The Bertz CT molecular complexity index is 226. The van der Waals surface area contributed by atoms with E-state index in [1.807, 2.05) is 13.0 Å². The molecule has 0 aromatic rings. The maximum atomic E-state index is 11.6. The van der Waals surface area contributed by atoms with Crippen LogP contribution in [0.5, 0.6) is 0 Å². The van der Waals surface area contributed by atoms with Gasteiger partial charge in [-0.1, -0.05) is 0 Å². The summed E-state index contributed by atoms with van der Waals surface area (Å²) in [6.45, 7) is 2.87. The third kappa shape index (κ3) is 2.43. The number of nitriles is 1. The molecular formula is C9H15N3O. The van der Waals surface area contributed by atoms with Gasteiger partial charge in [0.1, 0.15) is 6.54 Å². The summed E-state index contributed by atoms with van der Waals surface area (Å²) < 4.78 is 0. The van der Waals surface area contributed by atoms with Gasteiger partial charge in [0.25, 0.3) is 0 Å². The van der Waals surface area contributed by atoms with E-state index in [4.69, 9.17) is 5.26 Å². The van der Waals surface area contributed by atoms with Gasteiger partial charge in [-0.15, -0.1) is 0 Å². The van der Waals surface area contributed by atoms with Crippen molar-refractivity contribution in [2.75, 3.05) is 13.1 Å². The number of amides is 1. The summed E-state index contributed by atoms with van der Waals surface area (Å²) in [5.74, 6) is -0.0613. The Morgan fingerprint density at radius 3 is 3.00 bits per heavy atom. The van der Waals surface area contributed by atoms with Gasteiger partial charge in [0.05, 0.1) is 11.6 Å². The minimum Gasteiger partial charge on any atom is -0.341 e. The third-order valence-electron chi connectivity index (χ3n) is 2.45. The second-order valence-electron chi connectivity index (χ2n) is 3.56. The molecule has 0 saturated carbocycles. The van der Waals surface area contributed by atoms with E-state index in [0.29, 0.717) is 0 Å². The van der Waals surface area contributed by atoms with Crippen LogP contribution in [0.15, 0.2) is 0 Å². The average Bonchev–Trinajstić information content (AvgIpc) is 2.15. The van der Waals surface area contributed by atoms with E-state index in [-0.39, 0.29) is 12.5 Å². The zero-order valence-electron chi connectivity index (χ0n) is 7.89.